The topological polar surface area (TPSA) is 74.8 Å². The average molecular weight is 401 g/mol. The molecule has 2 aromatic rings. The van der Waals surface area contributed by atoms with E-state index in [0.717, 1.165) is 11.6 Å². The van der Waals surface area contributed by atoms with Crippen molar-refractivity contribution < 1.29 is 28.1 Å². The highest BCUT2D eigenvalue weighted by atomic mass is 35.5. The lowest BCUT2D eigenvalue weighted by Gasteiger charge is -2.11. The number of benzene rings is 2. The Kier molecular flexibility index (Phi) is 7.20. The minimum absolute atomic E-state index is 0.00173. The molecule has 0 radical (unpaired) electrons. The molecular weight excluding hydrogens is 383 g/mol. The first kappa shape index (κ1) is 20.7. The van der Waals surface area contributed by atoms with Gasteiger partial charge < -0.3 is 16.0 Å². The van der Waals surface area contributed by atoms with Crippen molar-refractivity contribution in [1.82, 2.24) is 5.32 Å². The summed E-state index contributed by atoms with van der Waals surface area (Å²) in [6.45, 7) is 1.55. The molecule has 0 aromatic heterocycles. The fourth-order valence-electron chi connectivity index (χ4n) is 2.25. The van der Waals surface area contributed by atoms with Gasteiger partial charge in [0.2, 0.25) is 5.91 Å². The molecule has 0 fully saturated rings. The number of rotatable bonds is 7. The molecule has 0 aliphatic rings. The van der Waals surface area contributed by atoms with E-state index in [-0.39, 0.29) is 12.6 Å². The molecule has 0 heterocycles. The third-order valence-corrected chi connectivity index (χ3v) is 4.06. The van der Waals surface area contributed by atoms with Crippen LogP contribution in [0.5, 0.6) is 0 Å². The van der Waals surface area contributed by atoms with Gasteiger partial charge in [-0.1, -0.05) is 23.7 Å². The van der Waals surface area contributed by atoms with Crippen LogP contribution in [0.25, 0.3) is 0 Å². The van der Waals surface area contributed by atoms with Gasteiger partial charge >= 0.3 is 0 Å². The third kappa shape index (κ3) is 5.97. The second-order valence-electron chi connectivity index (χ2n) is 5.83. The van der Waals surface area contributed by atoms with E-state index in [1.165, 1.54) is 0 Å². The van der Waals surface area contributed by atoms with E-state index in [2.05, 4.69) is 10.6 Å². The maximum absolute atomic E-state index is 13.5. The Morgan fingerprint density at radius 1 is 1.04 bits per heavy atom. The van der Waals surface area contributed by atoms with Crippen LogP contribution in [-0.4, -0.2) is 24.9 Å². The van der Waals surface area contributed by atoms with E-state index >= 15 is 0 Å². The Hall–Kier alpha value is -2.58. The van der Waals surface area contributed by atoms with Crippen LogP contribution in [0.2, 0.25) is 5.02 Å². The molecule has 0 saturated heterocycles. The summed E-state index contributed by atoms with van der Waals surface area (Å²) in [5, 5.41) is 6.83. The first-order valence-electron chi connectivity index (χ1n) is 8.06. The van der Waals surface area contributed by atoms with E-state index < -0.39 is 41.5 Å². The summed E-state index contributed by atoms with van der Waals surface area (Å²) in [6, 6.07) is 8.80. The van der Waals surface area contributed by atoms with Crippen LogP contribution in [0.1, 0.15) is 18.5 Å². The molecule has 5 nitrogen and oxygen atoms in total. The number of nitrogens with one attached hydrogen (secondary N) is 2. The number of carbonyl (C=O) groups is 2. The standard InChI is InChI=1S/C18H17ClF3N3O2/c1-10(11-2-4-12(19)5-3-11)23-8-15(26)24-9-16(27)25-14-7-6-13(20)17(21)18(14)22/h2-7,10,23H,8-9H2,1H3,(H,24,26)(H,25,27)/p+1/t10-/m1/s1. The number of hydrogen-bond acceptors (Lipinski definition) is 2. The normalized spacial score (nSPS) is 11.7. The van der Waals surface area contributed by atoms with Gasteiger partial charge in [0.25, 0.3) is 5.91 Å². The molecule has 4 N–H and O–H groups in total. The third-order valence-electron chi connectivity index (χ3n) is 3.81. The van der Waals surface area contributed by atoms with E-state index in [4.69, 9.17) is 11.6 Å². The number of halogens is 4. The maximum Gasteiger partial charge on any atom is 0.275 e. The largest absolute Gasteiger partial charge is 0.342 e. The van der Waals surface area contributed by atoms with Crippen LogP contribution in [0.3, 0.4) is 0 Å². The molecule has 0 spiro atoms. The second kappa shape index (κ2) is 9.38. The highest BCUT2D eigenvalue weighted by molar-refractivity contribution is 6.30. The highest BCUT2D eigenvalue weighted by Gasteiger charge is 2.16. The lowest BCUT2D eigenvalue weighted by Crippen LogP contribution is -2.87. The Bertz CT molecular complexity index is 831. The fourth-order valence-corrected chi connectivity index (χ4v) is 2.38. The summed E-state index contributed by atoms with van der Waals surface area (Å²) in [5.74, 6) is -5.71. The van der Waals surface area contributed by atoms with E-state index in [1.807, 2.05) is 19.1 Å². The molecule has 27 heavy (non-hydrogen) atoms. The van der Waals surface area contributed by atoms with Gasteiger partial charge in [0.05, 0.1) is 12.2 Å². The molecule has 9 heteroatoms. The van der Waals surface area contributed by atoms with Crippen molar-refractivity contribution in [3.05, 3.63) is 64.4 Å². The van der Waals surface area contributed by atoms with Gasteiger partial charge in [-0.05, 0) is 31.2 Å². The lowest BCUT2D eigenvalue weighted by molar-refractivity contribution is -0.682. The number of nitrogens with two attached hydrogens (primary N) is 1. The summed E-state index contributed by atoms with van der Waals surface area (Å²) in [5.41, 5.74) is 0.481. The van der Waals surface area contributed by atoms with Gasteiger partial charge in [-0.25, -0.2) is 13.2 Å². The van der Waals surface area contributed by atoms with E-state index in [1.54, 1.807) is 17.4 Å². The second-order valence-corrected chi connectivity index (χ2v) is 6.26. The zero-order valence-corrected chi connectivity index (χ0v) is 15.1. The van der Waals surface area contributed by atoms with E-state index in [0.29, 0.717) is 11.1 Å². The van der Waals surface area contributed by atoms with Crippen molar-refractivity contribution >= 4 is 29.1 Å². The highest BCUT2D eigenvalue weighted by Crippen LogP contribution is 2.19. The predicted octanol–water partition coefficient (Wildman–Crippen LogP) is 2.14. The first-order valence-corrected chi connectivity index (χ1v) is 8.44. The molecule has 1 atom stereocenters. The zero-order chi connectivity index (χ0) is 20.0. The van der Waals surface area contributed by atoms with Gasteiger partial charge in [-0.15, -0.1) is 0 Å². The fraction of sp³-hybridized carbons (Fsp3) is 0.222. The smallest absolute Gasteiger partial charge is 0.275 e. The van der Waals surface area contributed by atoms with Crippen molar-refractivity contribution in [2.45, 2.75) is 13.0 Å². The summed E-state index contributed by atoms with van der Waals surface area (Å²) in [7, 11) is 0. The number of amides is 2. The van der Waals surface area contributed by atoms with Crippen LogP contribution in [0.4, 0.5) is 18.9 Å². The van der Waals surface area contributed by atoms with Crippen LogP contribution >= 0.6 is 11.6 Å². The summed E-state index contributed by atoms with van der Waals surface area (Å²) in [6.07, 6.45) is 0. The molecule has 0 saturated carbocycles. The Morgan fingerprint density at radius 3 is 2.37 bits per heavy atom. The van der Waals surface area contributed by atoms with Gasteiger partial charge in [0.1, 0.15) is 6.04 Å². The Balaban J connectivity index is 1.77. The monoisotopic (exact) mass is 400 g/mol. The number of hydrogen-bond donors (Lipinski definition) is 3. The minimum Gasteiger partial charge on any atom is -0.342 e. The van der Waals surface area contributed by atoms with Crippen molar-refractivity contribution in [2.24, 2.45) is 0 Å². The lowest BCUT2D eigenvalue weighted by atomic mass is 10.1. The average Bonchev–Trinajstić information content (AvgIpc) is 2.65. The zero-order valence-electron chi connectivity index (χ0n) is 14.4. The van der Waals surface area contributed by atoms with Crippen molar-refractivity contribution in [3.8, 4) is 0 Å². The SMILES string of the molecule is C[C@@H]([NH2+]CC(=O)NCC(=O)Nc1ccc(F)c(F)c1F)c1ccc(Cl)cc1. The van der Waals surface area contributed by atoms with Gasteiger partial charge in [-0.3, -0.25) is 9.59 Å². The molecular formula is C18H18ClF3N3O2+. The predicted molar refractivity (Wildman–Crippen MR) is 94.6 cm³/mol. The first-order chi connectivity index (χ1) is 12.8. The summed E-state index contributed by atoms with van der Waals surface area (Å²) in [4.78, 5) is 23.6. The summed E-state index contributed by atoms with van der Waals surface area (Å²) >= 11 is 5.82. The minimum atomic E-state index is -1.68. The van der Waals surface area contributed by atoms with Crippen molar-refractivity contribution in [3.63, 3.8) is 0 Å². The summed E-state index contributed by atoms with van der Waals surface area (Å²) < 4.78 is 39.4. The van der Waals surface area contributed by atoms with Crippen molar-refractivity contribution in [1.29, 1.82) is 0 Å². The molecule has 2 rings (SSSR count). The maximum atomic E-state index is 13.5. The van der Waals surface area contributed by atoms with Crippen LogP contribution in [-0.2, 0) is 9.59 Å². The molecule has 2 aromatic carbocycles. The number of quaternary nitrogens is 1. The molecule has 0 bridgehead atoms. The van der Waals surface area contributed by atoms with Gasteiger partial charge in [-0.2, -0.15) is 0 Å². The number of anilines is 1. The molecule has 2 amide bonds. The molecule has 0 aliphatic heterocycles. The number of carbonyl (C=O) groups excluding carboxylic acids is 2. The quantitative estimate of drug-likeness (QED) is 0.623. The van der Waals surface area contributed by atoms with Crippen molar-refractivity contribution in [2.75, 3.05) is 18.4 Å². The van der Waals surface area contributed by atoms with E-state index in [9.17, 15) is 22.8 Å². The molecule has 144 valence electrons. The molecule has 0 unspecified atom stereocenters. The molecule has 0 aliphatic carbocycles. The van der Waals surface area contributed by atoms with Gasteiger partial charge in [0, 0.05) is 10.6 Å². The van der Waals surface area contributed by atoms with Crippen LogP contribution in [0, 0.1) is 17.5 Å². The van der Waals surface area contributed by atoms with Gasteiger partial charge in [0.15, 0.2) is 24.0 Å². The Labute approximate surface area is 158 Å². The van der Waals surface area contributed by atoms with Crippen LogP contribution < -0.4 is 16.0 Å². The Morgan fingerprint density at radius 2 is 1.70 bits per heavy atom. The van der Waals surface area contributed by atoms with Crippen LogP contribution in [0.15, 0.2) is 36.4 Å².